The molecule has 0 atom stereocenters. The predicted molar refractivity (Wildman–Crippen MR) is 57.3 cm³/mol. The summed E-state index contributed by atoms with van der Waals surface area (Å²) < 4.78 is 65.9. The van der Waals surface area contributed by atoms with Gasteiger partial charge in [0.05, 0.1) is 5.56 Å². The summed E-state index contributed by atoms with van der Waals surface area (Å²) in [6.07, 6.45) is 0. The van der Waals surface area contributed by atoms with Gasteiger partial charge in [-0.15, -0.1) is 0 Å². The van der Waals surface area contributed by atoms with E-state index in [9.17, 15) is 26.7 Å². The van der Waals surface area contributed by atoms with Crippen LogP contribution in [0.5, 0.6) is 0 Å². The van der Waals surface area contributed by atoms with E-state index in [-0.39, 0.29) is 0 Å². The molecule has 0 amide bonds. The fourth-order valence-electron chi connectivity index (χ4n) is 1.48. The summed E-state index contributed by atoms with van der Waals surface area (Å²) in [5.74, 6) is -10.5. The van der Waals surface area contributed by atoms with Crippen molar-refractivity contribution in [2.75, 3.05) is 0 Å². The summed E-state index contributed by atoms with van der Waals surface area (Å²) in [6, 6.07) is 1.71. The molecule has 0 aliphatic heterocycles. The first-order valence-electron chi connectivity index (χ1n) is 4.75. The molecule has 1 N–H and O–H groups in total. The molecule has 1 heterocycles. The van der Waals surface area contributed by atoms with Crippen molar-refractivity contribution in [2.45, 2.75) is 0 Å². The van der Waals surface area contributed by atoms with Gasteiger partial charge < -0.3 is 4.98 Å². The molecule has 0 aliphatic rings. The first-order chi connectivity index (χ1) is 8.84. The number of halogens is 6. The van der Waals surface area contributed by atoms with Gasteiger partial charge in [0.25, 0.3) is 0 Å². The number of H-pyrrole nitrogens is 1. The Labute approximate surface area is 107 Å². The van der Waals surface area contributed by atoms with Crippen LogP contribution in [0, 0.1) is 29.1 Å². The highest BCUT2D eigenvalue weighted by molar-refractivity contribution is 6.32. The van der Waals surface area contributed by atoms with Crippen LogP contribution >= 0.6 is 11.6 Å². The number of hydrogen-bond acceptors (Lipinski definition) is 1. The van der Waals surface area contributed by atoms with Crippen molar-refractivity contribution in [2.24, 2.45) is 0 Å². The van der Waals surface area contributed by atoms with E-state index >= 15 is 0 Å². The molecule has 0 radical (unpaired) electrons. The maximum Gasteiger partial charge on any atom is 0.249 e. The second-order valence-electron chi connectivity index (χ2n) is 3.50. The Bertz CT molecular complexity index is 699. The van der Waals surface area contributed by atoms with E-state index in [0.29, 0.717) is 0 Å². The molecule has 0 saturated carbocycles. The number of aromatic amines is 1. The van der Waals surface area contributed by atoms with E-state index in [1.54, 1.807) is 0 Å². The largest absolute Gasteiger partial charge is 0.312 e. The molecule has 8 heteroatoms. The minimum atomic E-state index is -2.26. The van der Waals surface area contributed by atoms with E-state index < -0.39 is 50.9 Å². The fourth-order valence-corrected chi connectivity index (χ4v) is 1.73. The lowest BCUT2D eigenvalue weighted by Gasteiger charge is -2.09. The zero-order chi connectivity index (χ0) is 14.3. The lowest BCUT2D eigenvalue weighted by molar-refractivity contribution is 0.381. The SMILES string of the molecule is O=c1ccc(-c2c(F)c(F)c(F)c(F)c2F)c(Cl)[nH]1. The van der Waals surface area contributed by atoms with Crippen LogP contribution in [0.15, 0.2) is 16.9 Å². The van der Waals surface area contributed by atoms with Crippen molar-refractivity contribution in [1.29, 1.82) is 0 Å². The highest BCUT2D eigenvalue weighted by Crippen LogP contribution is 2.33. The molecule has 1 aromatic heterocycles. The van der Waals surface area contributed by atoms with Crippen molar-refractivity contribution in [3.8, 4) is 11.1 Å². The van der Waals surface area contributed by atoms with Crippen LogP contribution in [0.1, 0.15) is 0 Å². The molecule has 1 aromatic carbocycles. The smallest absolute Gasteiger partial charge is 0.249 e. The van der Waals surface area contributed by atoms with Gasteiger partial charge in [0.15, 0.2) is 23.3 Å². The first-order valence-corrected chi connectivity index (χ1v) is 5.13. The van der Waals surface area contributed by atoms with Gasteiger partial charge >= 0.3 is 0 Å². The van der Waals surface area contributed by atoms with E-state index in [1.807, 2.05) is 4.98 Å². The van der Waals surface area contributed by atoms with Crippen LogP contribution in [0.3, 0.4) is 0 Å². The molecule has 19 heavy (non-hydrogen) atoms. The standard InChI is InChI=1S/C11H3ClF5NO/c12-11-3(1-2-4(19)18-11)5-6(13)8(15)10(17)9(16)7(5)14/h1-2H,(H,18,19). The third-order valence-electron chi connectivity index (χ3n) is 2.35. The zero-order valence-electron chi connectivity index (χ0n) is 8.83. The van der Waals surface area contributed by atoms with E-state index in [1.165, 1.54) is 0 Å². The molecule has 2 rings (SSSR count). The second kappa shape index (κ2) is 4.65. The summed E-state index contributed by atoms with van der Waals surface area (Å²) in [7, 11) is 0. The van der Waals surface area contributed by atoms with Crippen molar-refractivity contribution < 1.29 is 22.0 Å². The van der Waals surface area contributed by atoms with Crippen molar-refractivity contribution in [3.05, 3.63) is 56.7 Å². The second-order valence-corrected chi connectivity index (χ2v) is 3.87. The predicted octanol–water partition coefficient (Wildman–Crippen LogP) is 3.39. The molecule has 2 aromatic rings. The fraction of sp³-hybridized carbons (Fsp3) is 0. The number of aromatic nitrogens is 1. The molecular formula is C11H3ClF5NO. The normalized spacial score (nSPS) is 10.8. The van der Waals surface area contributed by atoms with Gasteiger partial charge in [-0.3, -0.25) is 4.79 Å². The number of rotatable bonds is 1. The molecule has 0 bridgehead atoms. The Balaban J connectivity index is 2.86. The van der Waals surface area contributed by atoms with Gasteiger partial charge in [-0.1, -0.05) is 11.6 Å². The van der Waals surface area contributed by atoms with Crippen LogP contribution in [0.25, 0.3) is 11.1 Å². The van der Waals surface area contributed by atoms with Crippen LogP contribution in [0.4, 0.5) is 22.0 Å². The summed E-state index contributed by atoms with van der Waals surface area (Å²) >= 11 is 5.52. The van der Waals surface area contributed by atoms with Crippen LogP contribution in [-0.4, -0.2) is 4.98 Å². The Hall–Kier alpha value is -1.89. The maximum atomic E-state index is 13.5. The third kappa shape index (κ3) is 2.10. The molecular weight excluding hydrogens is 293 g/mol. The molecule has 0 fully saturated rings. The molecule has 0 spiro atoms. The maximum absolute atomic E-state index is 13.5. The highest BCUT2D eigenvalue weighted by atomic mass is 35.5. The van der Waals surface area contributed by atoms with Gasteiger partial charge in [0, 0.05) is 11.6 Å². The van der Waals surface area contributed by atoms with Crippen molar-refractivity contribution in [1.82, 2.24) is 4.98 Å². The number of hydrogen-bond donors (Lipinski definition) is 1. The van der Waals surface area contributed by atoms with Gasteiger partial charge in [0.2, 0.25) is 11.4 Å². The number of benzene rings is 1. The number of pyridine rings is 1. The Morgan fingerprint density at radius 1 is 0.842 bits per heavy atom. The van der Waals surface area contributed by atoms with Gasteiger partial charge in [-0.05, 0) is 6.07 Å². The summed E-state index contributed by atoms with van der Waals surface area (Å²) in [4.78, 5) is 12.9. The lowest BCUT2D eigenvalue weighted by Crippen LogP contribution is -2.08. The minimum Gasteiger partial charge on any atom is -0.312 e. The number of nitrogens with one attached hydrogen (secondary N) is 1. The van der Waals surface area contributed by atoms with E-state index in [4.69, 9.17) is 11.6 Å². The van der Waals surface area contributed by atoms with Crippen LogP contribution in [-0.2, 0) is 0 Å². The molecule has 2 nitrogen and oxygen atoms in total. The molecule has 0 saturated heterocycles. The zero-order valence-corrected chi connectivity index (χ0v) is 9.59. The van der Waals surface area contributed by atoms with Crippen molar-refractivity contribution in [3.63, 3.8) is 0 Å². The molecule has 0 aliphatic carbocycles. The molecule has 100 valence electrons. The molecule has 0 unspecified atom stereocenters. The Morgan fingerprint density at radius 3 is 1.79 bits per heavy atom. The lowest BCUT2D eigenvalue weighted by atomic mass is 10.1. The average molecular weight is 296 g/mol. The van der Waals surface area contributed by atoms with E-state index in [0.717, 1.165) is 12.1 Å². The Morgan fingerprint density at radius 2 is 1.32 bits per heavy atom. The minimum absolute atomic E-state index is 0.505. The van der Waals surface area contributed by atoms with Crippen LogP contribution < -0.4 is 5.56 Å². The van der Waals surface area contributed by atoms with E-state index in [2.05, 4.69) is 0 Å². The first kappa shape index (κ1) is 13.5. The van der Waals surface area contributed by atoms with Crippen LogP contribution in [0.2, 0.25) is 5.15 Å². The van der Waals surface area contributed by atoms with Gasteiger partial charge in [-0.25, -0.2) is 22.0 Å². The summed E-state index contributed by atoms with van der Waals surface area (Å²) in [6.45, 7) is 0. The monoisotopic (exact) mass is 295 g/mol. The quantitative estimate of drug-likeness (QED) is 0.372. The highest BCUT2D eigenvalue weighted by Gasteiger charge is 2.27. The van der Waals surface area contributed by atoms with Gasteiger partial charge in [-0.2, -0.15) is 0 Å². The summed E-state index contributed by atoms with van der Waals surface area (Å²) in [5.41, 5.74) is -2.38. The third-order valence-corrected chi connectivity index (χ3v) is 2.65. The Kier molecular flexibility index (Phi) is 3.32. The van der Waals surface area contributed by atoms with Crippen molar-refractivity contribution >= 4 is 11.6 Å². The van der Waals surface area contributed by atoms with Gasteiger partial charge in [0.1, 0.15) is 5.15 Å². The average Bonchev–Trinajstić information content (AvgIpc) is 2.37. The summed E-state index contributed by atoms with van der Waals surface area (Å²) in [5, 5.41) is -0.532. The topological polar surface area (TPSA) is 32.9 Å².